The lowest BCUT2D eigenvalue weighted by Gasteiger charge is -2.27. The second-order valence-corrected chi connectivity index (χ2v) is 6.10. The number of hydrogen-bond donors (Lipinski definition) is 2. The third-order valence-electron chi connectivity index (χ3n) is 3.73. The number of anilines is 1. The molecule has 0 unspecified atom stereocenters. The Kier molecular flexibility index (Phi) is 5.57. The molecule has 1 aromatic carbocycles. The van der Waals surface area contributed by atoms with Crippen molar-refractivity contribution in [3.05, 3.63) is 58.6 Å². The van der Waals surface area contributed by atoms with E-state index in [2.05, 4.69) is 20.4 Å². The minimum atomic E-state index is 0.0937. The number of hydrogen-bond acceptors (Lipinski definition) is 7. The summed E-state index contributed by atoms with van der Waals surface area (Å²) in [4.78, 5) is 8.10. The number of nitrogens with zero attached hydrogens (tertiary/aromatic N) is 3. The zero-order valence-corrected chi connectivity index (χ0v) is 14.5. The molecular formula is C17H18ClN5O2. The molecule has 0 aliphatic carbocycles. The molecule has 7 nitrogen and oxygen atoms in total. The third-order valence-corrected chi connectivity index (χ3v) is 4.07. The average Bonchev–Trinajstić information content (AvgIpc) is 2.57. The van der Waals surface area contributed by atoms with Gasteiger partial charge in [0.25, 0.3) is 0 Å². The summed E-state index contributed by atoms with van der Waals surface area (Å²) in [6.07, 6.45) is 4.95. The van der Waals surface area contributed by atoms with Gasteiger partial charge in [0.15, 0.2) is 0 Å². The molecule has 0 radical (unpaired) electrons. The number of ether oxygens (including phenoxy) is 2. The summed E-state index contributed by atoms with van der Waals surface area (Å²) in [5, 5.41) is 7.31. The largest absolute Gasteiger partial charge is 0.457 e. The molecule has 0 amide bonds. The fraction of sp³-hybridized carbons (Fsp3) is 0.294. The van der Waals surface area contributed by atoms with Gasteiger partial charge in [-0.2, -0.15) is 5.11 Å². The molecule has 1 aromatic heterocycles. The Hall–Kier alpha value is -2.51. The molecule has 1 saturated heterocycles. The van der Waals surface area contributed by atoms with E-state index >= 15 is 0 Å². The van der Waals surface area contributed by atoms with E-state index in [9.17, 15) is 0 Å². The second kappa shape index (κ2) is 8.04. The van der Waals surface area contributed by atoms with Crippen molar-refractivity contribution in [2.24, 2.45) is 5.11 Å². The molecule has 2 heterocycles. The molecule has 130 valence electrons. The molecule has 1 aliphatic heterocycles. The summed E-state index contributed by atoms with van der Waals surface area (Å²) in [5.74, 6) is 0.334. The second-order valence-electron chi connectivity index (χ2n) is 5.69. The van der Waals surface area contributed by atoms with Gasteiger partial charge in [0.05, 0.1) is 13.2 Å². The van der Waals surface area contributed by atoms with Crippen LogP contribution in [0.15, 0.2) is 47.6 Å². The summed E-state index contributed by atoms with van der Waals surface area (Å²) < 4.78 is 10.7. The van der Waals surface area contributed by atoms with E-state index in [-0.39, 0.29) is 12.6 Å². The van der Waals surface area contributed by atoms with Gasteiger partial charge in [0.2, 0.25) is 0 Å². The van der Waals surface area contributed by atoms with Crippen LogP contribution >= 0.6 is 11.6 Å². The van der Waals surface area contributed by atoms with Crippen molar-refractivity contribution in [3.8, 4) is 6.01 Å². The predicted molar refractivity (Wildman–Crippen MR) is 94.1 cm³/mol. The number of nitrogens with one attached hydrogen (secondary N) is 2. The highest BCUT2D eigenvalue weighted by Crippen LogP contribution is 2.32. The smallest absolute Gasteiger partial charge is 0.316 e. The molecule has 1 fully saturated rings. The number of halogens is 1. The van der Waals surface area contributed by atoms with E-state index in [4.69, 9.17) is 26.6 Å². The van der Waals surface area contributed by atoms with Crippen LogP contribution in [0.3, 0.4) is 0 Å². The molecule has 1 aliphatic rings. The molecule has 0 spiro atoms. The average molecular weight is 360 g/mol. The molecule has 2 aromatic rings. The van der Waals surface area contributed by atoms with Crippen molar-refractivity contribution in [1.82, 2.24) is 9.97 Å². The number of aromatic nitrogens is 2. The Labute approximate surface area is 150 Å². The number of rotatable bonds is 7. The first kappa shape index (κ1) is 17.3. The first-order chi connectivity index (χ1) is 12.2. The van der Waals surface area contributed by atoms with Crippen molar-refractivity contribution in [2.45, 2.75) is 12.8 Å². The van der Waals surface area contributed by atoms with Gasteiger partial charge >= 0.3 is 6.01 Å². The quantitative estimate of drug-likeness (QED) is 0.731. The molecular weight excluding hydrogens is 342 g/mol. The van der Waals surface area contributed by atoms with Crippen molar-refractivity contribution in [1.29, 1.82) is 5.53 Å². The lowest BCUT2D eigenvalue weighted by atomic mass is 9.97. The van der Waals surface area contributed by atoms with Crippen LogP contribution in [0.1, 0.15) is 17.0 Å². The Balaban J connectivity index is 1.62. The molecule has 0 saturated carbocycles. The van der Waals surface area contributed by atoms with E-state index in [1.54, 1.807) is 18.6 Å². The Morgan fingerprint density at radius 3 is 2.84 bits per heavy atom. The standard InChI is InChI=1S/C17H18ClN5O2/c1-11-5-21-17(22-6-11)25-10-14(23-19)7-20-13-2-3-16(18)15(4-13)12-8-24-9-12/h2-7,12,19-20H,8-10H2,1H3/b14-7-,23-19?. The molecule has 3 rings (SSSR count). The van der Waals surface area contributed by atoms with Crippen LogP contribution in [0.5, 0.6) is 6.01 Å². The van der Waals surface area contributed by atoms with Crippen LogP contribution in [0.4, 0.5) is 5.69 Å². The lowest BCUT2D eigenvalue weighted by molar-refractivity contribution is 0.00848. The van der Waals surface area contributed by atoms with Crippen LogP contribution < -0.4 is 10.1 Å². The Bertz CT molecular complexity index is 775. The number of benzene rings is 1. The summed E-state index contributed by atoms with van der Waals surface area (Å²) in [6.45, 7) is 3.37. The maximum absolute atomic E-state index is 7.27. The highest BCUT2D eigenvalue weighted by atomic mass is 35.5. The van der Waals surface area contributed by atoms with Crippen LogP contribution in [0, 0.1) is 12.5 Å². The summed E-state index contributed by atoms with van der Waals surface area (Å²) in [7, 11) is 0. The normalized spacial score (nSPS) is 14.7. The van der Waals surface area contributed by atoms with Crippen LogP contribution in [0.2, 0.25) is 5.02 Å². The topological polar surface area (TPSA) is 92.5 Å². The van der Waals surface area contributed by atoms with Gasteiger partial charge in [-0.15, -0.1) is 0 Å². The zero-order chi connectivity index (χ0) is 17.6. The highest BCUT2D eigenvalue weighted by molar-refractivity contribution is 6.31. The third kappa shape index (κ3) is 4.52. The monoisotopic (exact) mass is 359 g/mol. The van der Waals surface area contributed by atoms with Crippen LogP contribution in [-0.4, -0.2) is 29.8 Å². The van der Waals surface area contributed by atoms with Crippen molar-refractivity contribution in [3.63, 3.8) is 0 Å². The molecule has 0 bridgehead atoms. The summed E-state index contributed by atoms with van der Waals surface area (Å²) in [6, 6.07) is 5.95. The minimum absolute atomic E-state index is 0.0937. The molecule has 2 N–H and O–H groups in total. The molecule has 0 atom stereocenters. The van der Waals surface area contributed by atoms with Gasteiger partial charge in [0.1, 0.15) is 12.3 Å². The van der Waals surface area contributed by atoms with Crippen molar-refractivity contribution < 1.29 is 9.47 Å². The van der Waals surface area contributed by atoms with E-state index in [0.29, 0.717) is 24.8 Å². The fourth-order valence-electron chi connectivity index (χ4n) is 2.23. The van der Waals surface area contributed by atoms with Crippen molar-refractivity contribution in [2.75, 3.05) is 25.1 Å². The number of aryl methyl sites for hydroxylation is 1. The summed E-state index contributed by atoms with van der Waals surface area (Å²) >= 11 is 6.24. The Morgan fingerprint density at radius 2 is 2.20 bits per heavy atom. The van der Waals surface area contributed by atoms with Gasteiger partial charge in [0, 0.05) is 35.2 Å². The van der Waals surface area contributed by atoms with Gasteiger partial charge in [-0.1, -0.05) is 11.6 Å². The van der Waals surface area contributed by atoms with E-state index in [1.807, 2.05) is 25.1 Å². The Morgan fingerprint density at radius 1 is 1.44 bits per heavy atom. The van der Waals surface area contributed by atoms with E-state index in [1.165, 1.54) is 0 Å². The molecule has 25 heavy (non-hydrogen) atoms. The highest BCUT2D eigenvalue weighted by Gasteiger charge is 2.23. The van der Waals surface area contributed by atoms with Crippen LogP contribution in [0.25, 0.3) is 0 Å². The maximum atomic E-state index is 7.27. The van der Waals surface area contributed by atoms with E-state index < -0.39 is 0 Å². The van der Waals surface area contributed by atoms with Gasteiger partial charge in [-0.25, -0.2) is 15.5 Å². The van der Waals surface area contributed by atoms with Gasteiger partial charge < -0.3 is 14.8 Å². The van der Waals surface area contributed by atoms with Gasteiger partial charge in [-0.05, 0) is 36.2 Å². The van der Waals surface area contributed by atoms with E-state index in [0.717, 1.165) is 21.8 Å². The summed E-state index contributed by atoms with van der Waals surface area (Å²) in [5.41, 5.74) is 10.5. The van der Waals surface area contributed by atoms with Gasteiger partial charge in [-0.3, -0.25) is 0 Å². The first-order valence-corrected chi connectivity index (χ1v) is 8.15. The SMILES string of the molecule is Cc1cnc(OC/C(=C/Nc2ccc(Cl)c(C3COC3)c2)N=N)nc1. The zero-order valence-electron chi connectivity index (χ0n) is 13.7. The van der Waals surface area contributed by atoms with Crippen molar-refractivity contribution >= 4 is 17.3 Å². The predicted octanol–water partition coefficient (Wildman–Crippen LogP) is 3.92. The minimum Gasteiger partial charge on any atom is -0.457 e. The molecule has 8 heteroatoms. The lowest BCUT2D eigenvalue weighted by Crippen LogP contribution is -2.25. The maximum Gasteiger partial charge on any atom is 0.316 e. The fourth-order valence-corrected chi connectivity index (χ4v) is 2.50. The van der Waals surface area contributed by atoms with Crippen LogP contribution in [-0.2, 0) is 4.74 Å². The first-order valence-electron chi connectivity index (χ1n) is 7.77.